The van der Waals surface area contributed by atoms with Gasteiger partial charge in [-0.15, -0.1) is 5.10 Å². The van der Waals surface area contributed by atoms with Crippen LogP contribution in [-0.2, 0) is 34.6 Å². The zero-order valence-corrected chi connectivity index (χ0v) is 29.0. The predicted octanol–water partition coefficient (Wildman–Crippen LogP) is 4.64. The SMILES string of the molecule is C[C@H]1[C@H]([Si](C)(C)O)[C@@H](CCn2cc(CCO)nn2)O[C@]12C(=O)N(Cc1cccc(-n3[nH]c4ccccc4c3=O)c1)c1ccc(Br)cc12. The molecule has 2 aromatic heterocycles. The molecular weight excluding hydrogens is 680 g/mol. The average Bonchev–Trinajstić information content (AvgIpc) is 3.77. The molecule has 1 amide bonds. The summed E-state index contributed by atoms with van der Waals surface area (Å²) < 4.78 is 11.0. The molecule has 4 atom stereocenters. The van der Waals surface area contributed by atoms with Crippen molar-refractivity contribution in [2.45, 2.75) is 63.2 Å². The Balaban J connectivity index is 1.22. The van der Waals surface area contributed by atoms with Gasteiger partial charge in [0.15, 0.2) is 13.9 Å². The van der Waals surface area contributed by atoms with Gasteiger partial charge >= 0.3 is 0 Å². The van der Waals surface area contributed by atoms with Gasteiger partial charge in [-0.25, -0.2) is 4.68 Å². The second-order valence-electron chi connectivity index (χ2n) is 13.1. The molecule has 2 aliphatic rings. The third kappa shape index (κ3) is 5.39. The largest absolute Gasteiger partial charge is 0.432 e. The molecule has 47 heavy (non-hydrogen) atoms. The molecule has 0 radical (unpaired) electrons. The monoisotopic (exact) mass is 716 g/mol. The second-order valence-corrected chi connectivity index (χ2v) is 18.0. The zero-order chi connectivity index (χ0) is 33.1. The number of amides is 1. The van der Waals surface area contributed by atoms with Crippen LogP contribution in [0.4, 0.5) is 5.69 Å². The number of carbonyl (C=O) groups excluding carboxylic acids is 1. The van der Waals surface area contributed by atoms with Crippen LogP contribution in [0.25, 0.3) is 16.6 Å². The maximum absolute atomic E-state index is 14.8. The number of nitrogens with one attached hydrogen (secondary N) is 1. The molecule has 11 nitrogen and oxygen atoms in total. The summed E-state index contributed by atoms with van der Waals surface area (Å²) >= 11 is 3.63. The number of H-pyrrole nitrogens is 1. The zero-order valence-electron chi connectivity index (χ0n) is 26.4. The second kappa shape index (κ2) is 12.0. The Bertz CT molecular complexity index is 2030. The highest BCUT2D eigenvalue weighted by molar-refractivity contribution is 9.10. The van der Waals surface area contributed by atoms with Crippen LogP contribution in [-0.4, -0.2) is 61.6 Å². The first-order valence-corrected chi connectivity index (χ1v) is 19.6. The number of carbonyl (C=O) groups is 1. The number of fused-ring (bicyclic) bond motifs is 3. The number of nitrogens with zero attached hydrogens (tertiary/aromatic N) is 5. The summed E-state index contributed by atoms with van der Waals surface area (Å²) in [7, 11) is -2.84. The average molecular weight is 718 g/mol. The molecule has 1 saturated heterocycles. The molecule has 4 heterocycles. The van der Waals surface area contributed by atoms with E-state index in [1.165, 1.54) is 4.68 Å². The first-order valence-electron chi connectivity index (χ1n) is 15.8. The van der Waals surface area contributed by atoms with Crippen LogP contribution in [0.5, 0.6) is 0 Å². The fraction of sp³-hybridized carbons (Fsp3) is 0.353. The molecule has 7 rings (SSSR count). The molecule has 5 aromatic rings. The topological polar surface area (TPSA) is 138 Å². The molecular formula is C34H37BrN6O5Si. The highest BCUT2D eigenvalue weighted by Crippen LogP contribution is 2.60. The summed E-state index contributed by atoms with van der Waals surface area (Å²) in [6, 6.07) is 20.8. The molecule has 2 aliphatic heterocycles. The first-order chi connectivity index (χ1) is 22.5. The van der Waals surface area contributed by atoms with Crippen molar-refractivity contribution < 1.29 is 19.4 Å². The molecule has 3 N–H and O–H groups in total. The van der Waals surface area contributed by atoms with E-state index in [4.69, 9.17) is 4.74 Å². The van der Waals surface area contributed by atoms with Gasteiger partial charge in [-0.1, -0.05) is 52.3 Å². The number of hydrogen-bond donors (Lipinski definition) is 3. The van der Waals surface area contributed by atoms with E-state index in [0.29, 0.717) is 36.2 Å². The van der Waals surface area contributed by atoms with Crippen molar-refractivity contribution in [2.24, 2.45) is 5.92 Å². The molecule has 13 heteroatoms. The number of aromatic nitrogens is 5. The number of benzene rings is 3. The van der Waals surface area contributed by atoms with Crippen molar-refractivity contribution in [1.82, 2.24) is 24.8 Å². The van der Waals surface area contributed by atoms with Crippen LogP contribution in [0, 0.1) is 5.92 Å². The lowest BCUT2D eigenvalue weighted by Gasteiger charge is -2.32. The van der Waals surface area contributed by atoms with E-state index in [0.717, 1.165) is 26.8 Å². The van der Waals surface area contributed by atoms with E-state index < -0.39 is 20.0 Å². The van der Waals surface area contributed by atoms with Gasteiger partial charge in [0.2, 0.25) is 0 Å². The third-order valence-electron chi connectivity index (χ3n) is 9.64. The smallest absolute Gasteiger partial charge is 0.279 e. The van der Waals surface area contributed by atoms with Crippen LogP contribution in [0.15, 0.2) is 82.2 Å². The maximum atomic E-state index is 14.8. The van der Waals surface area contributed by atoms with E-state index in [1.807, 2.05) is 86.9 Å². The Hall–Kier alpha value is -3.88. The van der Waals surface area contributed by atoms with Crippen molar-refractivity contribution in [3.63, 3.8) is 0 Å². The minimum Gasteiger partial charge on any atom is -0.432 e. The molecule has 0 saturated carbocycles. The maximum Gasteiger partial charge on any atom is 0.279 e. The standard InChI is InChI=1S/C34H37BrN6O5Si/c1-21-31(47(2,3)45)30(13-15-39-20-24(14-16-42)36-38-39)46-34(21)27-18-23(35)11-12-29(27)40(33(34)44)19-22-7-6-8-25(17-22)41-32(43)26-9-4-5-10-28(26)37-41/h4-12,17-18,20-21,30-31,37,42,45H,13-16,19H2,1-3H3/t21-,30+,31-,34+/m0/s1. The van der Waals surface area contributed by atoms with E-state index in [2.05, 4.69) is 31.3 Å². The number of aliphatic hydroxyl groups is 1. The molecule has 0 aliphatic carbocycles. The summed E-state index contributed by atoms with van der Waals surface area (Å²) in [5.74, 6) is -0.468. The van der Waals surface area contributed by atoms with Crippen molar-refractivity contribution in [3.05, 3.63) is 105 Å². The molecule has 244 valence electrons. The lowest BCUT2D eigenvalue weighted by atomic mass is 9.82. The van der Waals surface area contributed by atoms with Crippen LogP contribution in [0.2, 0.25) is 18.6 Å². The number of aryl methyl sites for hydroxylation is 1. The highest BCUT2D eigenvalue weighted by Gasteiger charge is 2.66. The van der Waals surface area contributed by atoms with Gasteiger partial charge in [-0.2, -0.15) is 0 Å². The van der Waals surface area contributed by atoms with Crippen LogP contribution >= 0.6 is 15.9 Å². The third-order valence-corrected chi connectivity index (χ3v) is 12.6. The minimum atomic E-state index is -2.84. The van der Waals surface area contributed by atoms with Gasteiger partial charge in [0.05, 0.1) is 40.6 Å². The van der Waals surface area contributed by atoms with E-state index in [-0.39, 0.29) is 36.1 Å². The van der Waals surface area contributed by atoms with Crippen molar-refractivity contribution in [1.29, 1.82) is 0 Å². The highest BCUT2D eigenvalue weighted by atomic mass is 79.9. The normalized spacial score (nSPS) is 22.6. The van der Waals surface area contributed by atoms with Crippen LogP contribution < -0.4 is 10.5 Å². The summed E-state index contributed by atoms with van der Waals surface area (Å²) in [4.78, 5) is 41.4. The number of halogens is 1. The quantitative estimate of drug-likeness (QED) is 0.189. The fourth-order valence-electron chi connectivity index (χ4n) is 7.63. The lowest BCUT2D eigenvalue weighted by molar-refractivity contribution is -0.146. The van der Waals surface area contributed by atoms with E-state index in [1.54, 1.807) is 15.6 Å². The summed E-state index contributed by atoms with van der Waals surface area (Å²) in [6.45, 7) is 6.62. The van der Waals surface area contributed by atoms with Gasteiger partial charge in [0, 0.05) is 47.3 Å². The number of aliphatic hydroxyl groups excluding tert-OH is 1. The molecule has 3 aromatic carbocycles. The summed E-state index contributed by atoms with van der Waals surface area (Å²) in [6.07, 6.45) is 2.38. The predicted molar refractivity (Wildman–Crippen MR) is 184 cm³/mol. The number of para-hydroxylation sites is 1. The molecule has 0 bridgehead atoms. The Morgan fingerprint density at radius 1 is 1.09 bits per heavy atom. The first kappa shape index (κ1) is 31.7. The number of anilines is 1. The Morgan fingerprint density at radius 3 is 2.66 bits per heavy atom. The number of rotatable bonds is 9. The van der Waals surface area contributed by atoms with Crippen LogP contribution in [0.1, 0.15) is 30.2 Å². The van der Waals surface area contributed by atoms with E-state index >= 15 is 0 Å². The Morgan fingerprint density at radius 2 is 1.89 bits per heavy atom. The minimum absolute atomic E-state index is 0.00372. The van der Waals surface area contributed by atoms with Crippen molar-refractivity contribution in [3.8, 4) is 5.69 Å². The Labute approximate surface area is 281 Å². The van der Waals surface area contributed by atoms with Gasteiger partial charge in [0.25, 0.3) is 11.5 Å². The molecule has 1 fully saturated rings. The summed E-state index contributed by atoms with van der Waals surface area (Å²) in [5, 5.41) is 21.4. The number of aromatic amines is 1. The Kier molecular flexibility index (Phi) is 8.08. The summed E-state index contributed by atoms with van der Waals surface area (Å²) in [5.41, 5.74) is 2.89. The van der Waals surface area contributed by atoms with Gasteiger partial charge in [-0.05, 0) is 67.5 Å². The lowest BCUT2D eigenvalue weighted by Crippen LogP contribution is -2.46. The fourth-order valence-corrected chi connectivity index (χ4v) is 10.6. The van der Waals surface area contributed by atoms with Crippen molar-refractivity contribution in [2.75, 3.05) is 11.5 Å². The van der Waals surface area contributed by atoms with Crippen LogP contribution in [0.3, 0.4) is 0 Å². The van der Waals surface area contributed by atoms with E-state index in [9.17, 15) is 19.5 Å². The number of hydrogen-bond acceptors (Lipinski definition) is 7. The number of ether oxygens (including phenoxy) is 1. The molecule has 0 unspecified atom stereocenters. The molecule has 1 spiro atoms. The van der Waals surface area contributed by atoms with Gasteiger partial charge < -0.3 is 19.5 Å². The van der Waals surface area contributed by atoms with Gasteiger partial charge in [0.1, 0.15) is 0 Å². The van der Waals surface area contributed by atoms with Crippen molar-refractivity contribution >= 4 is 46.7 Å². The van der Waals surface area contributed by atoms with Gasteiger partial charge in [-0.3, -0.25) is 19.4 Å².